The topological polar surface area (TPSA) is 12.5 Å². The Morgan fingerprint density at radius 1 is 0.870 bits per heavy atom. The van der Waals surface area contributed by atoms with E-state index < -0.39 is 18.8 Å². The van der Waals surface area contributed by atoms with Crippen molar-refractivity contribution in [2.75, 3.05) is 12.0 Å². The molecule has 0 saturated heterocycles. The highest BCUT2D eigenvalue weighted by molar-refractivity contribution is 5.51. The van der Waals surface area contributed by atoms with Gasteiger partial charge < -0.3 is 9.64 Å². The number of hydrogen-bond acceptors (Lipinski definition) is 2. The Bertz CT molecular complexity index is 625. The third kappa shape index (κ3) is 3.72. The quantitative estimate of drug-likeness (QED) is 0.573. The van der Waals surface area contributed by atoms with Gasteiger partial charge in [0.15, 0.2) is 0 Å². The summed E-state index contributed by atoms with van der Waals surface area (Å²) < 4.78 is 71.1. The Balaban J connectivity index is 2.42. The molecule has 0 aliphatic rings. The smallest absolute Gasteiger partial charge is 0.475 e. The normalized spacial score (nSPS) is 12.1. The molecule has 2 rings (SSSR count). The average molecular weight is 331 g/mol. The summed E-state index contributed by atoms with van der Waals surface area (Å²) in [6.45, 7) is -0.584. The van der Waals surface area contributed by atoms with Crippen molar-refractivity contribution in [3.8, 4) is 5.75 Å². The zero-order valence-electron chi connectivity index (χ0n) is 12.1. The third-order valence-electron chi connectivity index (χ3n) is 3.25. The minimum absolute atomic E-state index is 0.0295. The Kier molecular flexibility index (Phi) is 4.77. The highest BCUT2D eigenvalue weighted by Gasteiger charge is 2.62. The summed E-state index contributed by atoms with van der Waals surface area (Å²) in [6.07, 6.45) is -5.69. The second-order valence-corrected chi connectivity index (χ2v) is 4.81. The summed E-state index contributed by atoms with van der Waals surface area (Å²) in [5.41, 5.74) is 0.0872. The lowest BCUT2D eigenvalue weighted by atomic mass is 10.2. The maximum atomic E-state index is 13.9. The SMILES string of the molecule is COc1ccc(N(Cc2ccccc2)C(F)(F)C(F)(F)F)cc1. The van der Waals surface area contributed by atoms with Crippen molar-refractivity contribution in [2.24, 2.45) is 0 Å². The van der Waals surface area contributed by atoms with Crippen LogP contribution in [-0.2, 0) is 6.54 Å². The first-order valence-electron chi connectivity index (χ1n) is 6.66. The lowest BCUT2D eigenvalue weighted by Gasteiger charge is -2.34. The van der Waals surface area contributed by atoms with E-state index in [0.29, 0.717) is 11.3 Å². The van der Waals surface area contributed by atoms with Crippen LogP contribution in [0.15, 0.2) is 54.6 Å². The first-order chi connectivity index (χ1) is 10.8. The summed E-state index contributed by atoms with van der Waals surface area (Å²) in [5.74, 6) is 0.365. The van der Waals surface area contributed by atoms with Gasteiger partial charge in [0.25, 0.3) is 0 Å². The second-order valence-electron chi connectivity index (χ2n) is 4.81. The molecule has 0 unspecified atom stereocenters. The number of hydrogen-bond donors (Lipinski definition) is 0. The van der Waals surface area contributed by atoms with Gasteiger partial charge in [-0.3, -0.25) is 0 Å². The van der Waals surface area contributed by atoms with Crippen LogP contribution in [0, 0.1) is 0 Å². The van der Waals surface area contributed by atoms with Gasteiger partial charge in [-0.1, -0.05) is 30.3 Å². The van der Waals surface area contributed by atoms with Gasteiger partial charge in [-0.2, -0.15) is 22.0 Å². The van der Waals surface area contributed by atoms with Crippen molar-refractivity contribution in [1.82, 2.24) is 0 Å². The number of alkyl halides is 5. The van der Waals surface area contributed by atoms with Gasteiger partial charge in [0, 0.05) is 12.2 Å². The minimum Gasteiger partial charge on any atom is -0.497 e. The number of nitrogens with zero attached hydrogens (tertiary/aromatic N) is 1. The predicted molar refractivity (Wildman–Crippen MR) is 76.6 cm³/mol. The van der Waals surface area contributed by atoms with Gasteiger partial charge in [-0.05, 0) is 29.8 Å². The zero-order valence-corrected chi connectivity index (χ0v) is 12.1. The van der Waals surface area contributed by atoms with E-state index in [9.17, 15) is 22.0 Å². The molecule has 2 aromatic carbocycles. The van der Waals surface area contributed by atoms with E-state index in [4.69, 9.17) is 4.74 Å². The molecule has 0 saturated carbocycles. The number of methoxy groups -OCH3 is 1. The lowest BCUT2D eigenvalue weighted by Crippen LogP contribution is -2.52. The average Bonchev–Trinajstić information content (AvgIpc) is 2.52. The summed E-state index contributed by atoms with van der Waals surface area (Å²) in [5, 5.41) is 0. The highest BCUT2D eigenvalue weighted by Crippen LogP contribution is 2.42. The van der Waals surface area contributed by atoms with E-state index in [-0.39, 0.29) is 10.6 Å². The number of anilines is 1. The summed E-state index contributed by atoms with van der Waals surface area (Å²) >= 11 is 0. The Hall–Kier alpha value is -2.31. The first-order valence-corrected chi connectivity index (χ1v) is 6.66. The first kappa shape index (κ1) is 17.1. The molecule has 2 nitrogen and oxygen atoms in total. The van der Waals surface area contributed by atoms with Crippen LogP contribution in [-0.4, -0.2) is 19.3 Å². The van der Waals surface area contributed by atoms with Gasteiger partial charge in [-0.25, -0.2) is 0 Å². The van der Waals surface area contributed by atoms with E-state index in [2.05, 4.69) is 0 Å². The number of rotatable bonds is 5. The number of halogens is 5. The molecule has 0 aromatic heterocycles. The molecule has 0 aliphatic heterocycles. The maximum Gasteiger partial charge on any atom is 0.475 e. The molecule has 0 bridgehead atoms. The molecule has 0 amide bonds. The standard InChI is InChI=1S/C16H14F5NO/c1-23-14-9-7-13(8-10-14)22(16(20,21)15(17,18)19)11-12-5-3-2-4-6-12/h2-10H,11H2,1H3. The van der Waals surface area contributed by atoms with Crippen LogP contribution in [0.5, 0.6) is 5.75 Å². The van der Waals surface area contributed by atoms with E-state index in [0.717, 1.165) is 0 Å². The van der Waals surface area contributed by atoms with Crippen molar-refractivity contribution < 1.29 is 26.7 Å². The molecule has 0 N–H and O–H groups in total. The number of ether oxygens (including phenoxy) is 1. The van der Waals surface area contributed by atoms with Crippen LogP contribution in [0.4, 0.5) is 27.6 Å². The van der Waals surface area contributed by atoms with Crippen LogP contribution >= 0.6 is 0 Å². The van der Waals surface area contributed by atoms with Crippen LogP contribution in [0.1, 0.15) is 5.56 Å². The van der Waals surface area contributed by atoms with E-state index in [1.807, 2.05) is 0 Å². The molecule has 23 heavy (non-hydrogen) atoms. The van der Waals surface area contributed by atoms with Crippen LogP contribution < -0.4 is 9.64 Å². The molecule has 2 aromatic rings. The molecule has 124 valence electrons. The lowest BCUT2D eigenvalue weighted by molar-refractivity contribution is -0.282. The predicted octanol–water partition coefficient (Wildman–Crippen LogP) is 4.86. The van der Waals surface area contributed by atoms with E-state index in [1.54, 1.807) is 18.2 Å². The zero-order chi connectivity index (χ0) is 17.1. The third-order valence-corrected chi connectivity index (χ3v) is 3.25. The van der Waals surface area contributed by atoms with Gasteiger partial charge >= 0.3 is 12.2 Å². The fraction of sp³-hybridized carbons (Fsp3) is 0.250. The molecular formula is C16H14F5NO. The summed E-state index contributed by atoms with van der Waals surface area (Å²) in [7, 11) is 1.38. The molecule has 0 aliphatic carbocycles. The van der Waals surface area contributed by atoms with E-state index in [1.165, 1.54) is 43.5 Å². The molecule has 0 fully saturated rings. The summed E-state index contributed by atoms with van der Waals surface area (Å²) in [4.78, 5) is 0.0295. The largest absolute Gasteiger partial charge is 0.497 e. The number of benzene rings is 2. The van der Waals surface area contributed by atoms with Gasteiger partial charge in [0.05, 0.1) is 7.11 Å². The van der Waals surface area contributed by atoms with Crippen LogP contribution in [0.25, 0.3) is 0 Å². The molecule has 0 atom stereocenters. The molecule has 0 radical (unpaired) electrons. The van der Waals surface area contributed by atoms with Gasteiger partial charge in [0.1, 0.15) is 5.75 Å². The Morgan fingerprint density at radius 3 is 1.91 bits per heavy atom. The summed E-state index contributed by atoms with van der Waals surface area (Å²) in [6, 6.07) is 7.79. The second kappa shape index (κ2) is 6.44. The fourth-order valence-electron chi connectivity index (χ4n) is 2.03. The monoisotopic (exact) mass is 331 g/mol. The van der Waals surface area contributed by atoms with Crippen molar-refractivity contribution in [3.05, 3.63) is 60.2 Å². The van der Waals surface area contributed by atoms with E-state index >= 15 is 0 Å². The van der Waals surface area contributed by atoms with Crippen molar-refractivity contribution in [3.63, 3.8) is 0 Å². The minimum atomic E-state index is -5.69. The maximum absolute atomic E-state index is 13.9. The molecule has 7 heteroatoms. The highest BCUT2D eigenvalue weighted by atomic mass is 19.4. The Labute approximate surface area is 130 Å². The molecule has 0 heterocycles. The van der Waals surface area contributed by atoms with Gasteiger partial charge in [-0.15, -0.1) is 0 Å². The molecular weight excluding hydrogens is 317 g/mol. The fourth-order valence-corrected chi connectivity index (χ4v) is 2.03. The van der Waals surface area contributed by atoms with Gasteiger partial charge in [0.2, 0.25) is 0 Å². The molecule has 0 spiro atoms. The van der Waals surface area contributed by atoms with Crippen molar-refractivity contribution in [2.45, 2.75) is 18.8 Å². The van der Waals surface area contributed by atoms with Crippen molar-refractivity contribution >= 4 is 5.69 Å². The van der Waals surface area contributed by atoms with Crippen LogP contribution in [0.3, 0.4) is 0 Å². The Morgan fingerprint density at radius 2 is 1.43 bits per heavy atom. The van der Waals surface area contributed by atoms with Crippen LogP contribution in [0.2, 0.25) is 0 Å². The van der Waals surface area contributed by atoms with Crippen molar-refractivity contribution in [1.29, 1.82) is 0 Å².